The van der Waals surface area contributed by atoms with Gasteiger partial charge in [0, 0.05) is 11.8 Å². The van der Waals surface area contributed by atoms with Crippen molar-refractivity contribution in [1.29, 1.82) is 0 Å². The highest BCUT2D eigenvalue weighted by Gasteiger charge is 2.32. The van der Waals surface area contributed by atoms with Crippen molar-refractivity contribution in [3.63, 3.8) is 0 Å². The van der Waals surface area contributed by atoms with Crippen molar-refractivity contribution >= 4 is 11.7 Å². The summed E-state index contributed by atoms with van der Waals surface area (Å²) in [5, 5.41) is 11.8. The molecular weight excluding hydrogens is 330 g/mol. The molecule has 1 atom stereocenters. The zero-order valence-electron chi connectivity index (χ0n) is 12.9. The number of hydrogen-bond acceptors (Lipinski definition) is 3. The minimum absolute atomic E-state index is 0.0362. The van der Waals surface area contributed by atoms with Gasteiger partial charge in [0.15, 0.2) is 11.6 Å². The number of nitrogens with one attached hydrogen (secondary N) is 1. The van der Waals surface area contributed by atoms with Gasteiger partial charge in [0.1, 0.15) is 6.04 Å². The minimum Gasteiger partial charge on any atom is -0.480 e. The number of hydrogen-bond donors (Lipinski definition) is 2. The van der Waals surface area contributed by atoms with Gasteiger partial charge in [-0.05, 0) is 31.4 Å². The van der Waals surface area contributed by atoms with Crippen molar-refractivity contribution in [1.82, 2.24) is 0 Å². The van der Waals surface area contributed by atoms with E-state index in [-0.39, 0.29) is 5.69 Å². The van der Waals surface area contributed by atoms with E-state index in [0.717, 1.165) is 37.5 Å². The second kappa shape index (κ2) is 9.14. The zero-order chi connectivity index (χ0) is 18.2. The van der Waals surface area contributed by atoms with Crippen LogP contribution in [-0.2, 0) is 4.79 Å². The lowest BCUT2D eigenvalue weighted by atomic mass is 10.1. The Labute approximate surface area is 137 Å². The van der Waals surface area contributed by atoms with Crippen LogP contribution in [0.15, 0.2) is 30.9 Å². The summed E-state index contributed by atoms with van der Waals surface area (Å²) in [6, 6.07) is 1.74. The number of alkyl halides is 3. The fraction of sp³-hybridized carbons (Fsp3) is 0.438. The molecule has 0 saturated carbocycles. The number of unbranched alkanes of at least 4 members (excludes halogenated alkanes) is 3. The number of benzene rings is 1. The van der Waals surface area contributed by atoms with Gasteiger partial charge in [-0.2, -0.15) is 0 Å². The average Bonchev–Trinajstić information content (AvgIpc) is 2.47. The summed E-state index contributed by atoms with van der Waals surface area (Å²) < 4.78 is 53.5. The second-order valence-corrected chi connectivity index (χ2v) is 5.15. The molecule has 1 aromatic rings. The van der Waals surface area contributed by atoms with E-state index in [1.807, 2.05) is 0 Å². The van der Waals surface area contributed by atoms with Gasteiger partial charge in [0.05, 0.1) is 0 Å². The topological polar surface area (TPSA) is 58.6 Å². The molecule has 0 aliphatic heterocycles. The Balaban J connectivity index is 2.71. The molecule has 0 spiro atoms. The Bertz CT molecular complexity index is 561. The van der Waals surface area contributed by atoms with E-state index >= 15 is 0 Å². The number of allylic oxidation sites excluding steroid dienone is 1. The van der Waals surface area contributed by atoms with Crippen molar-refractivity contribution in [2.24, 2.45) is 0 Å². The van der Waals surface area contributed by atoms with Crippen LogP contribution in [0.25, 0.3) is 0 Å². The van der Waals surface area contributed by atoms with Crippen molar-refractivity contribution in [2.75, 3.05) is 5.32 Å². The van der Waals surface area contributed by atoms with Crippen LogP contribution in [0.4, 0.5) is 23.2 Å². The van der Waals surface area contributed by atoms with Crippen molar-refractivity contribution < 1.29 is 32.2 Å². The van der Waals surface area contributed by atoms with Gasteiger partial charge in [-0.1, -0.05) is 18.9 Å². The molecular formula is C16H19F4NO3. The monoisotopic (exact) mass is 349 g/mol. The van der Waals surface area contributed by atoms with Crippen molar-refractivity contribution in [3.05, 3.63) is 36.7 Å². The molecule has 0 fully saturated rings. The van der Waals surface area contributed by atoms with E-state index in [1.54, 1.807) is 6.08 Å². The summed E-state index contributed by atoms with van der Waals surface area (Å²) in [7, 11) is 0. The fourth-order valence-electron chi connectivity index (χ4n) is 2.07. The standard InChI is InChI=1S/C16H19F4NO3/c1-2-3-4-5-6-7-13(15(22)23)21-11-8-9-12(17)14(10-11)24-16(18,19)20/h2,8-10,13,21H,1,3-7H2,(H,22,23)/t13-/m0/s1. The first-order chi connectivity index (χ1) is 11.2. The van der Waals surface area contributed by atoms with E-state index in [9.17, 15) is 27.5 Å². The van der Waals surface area contributed by atoms with E-state index in [0.29, 0.717) is 12.8 Å². The molecule has 0 saturated heterocycles. The number of ether oxygens (including phenoxy) is 1. The molecule has 1 aromatic carbocycles. The minimum atomic E-state index is -5.03. The number of carboxylic acid groups (broad SMARTS) is 1. The highest BCUT2D eigenvalue weighted by Crippen LogP contribution is 2.28. The highest BCUT2D eigenvalue weighted by molar-refractivity contribution is 5.77. The largest absolute Gasteiger partial charge is 0.573 e. The number of anilines is 1. The van der Waals surface area contributed by atoms with E-state index in [4.69, 9.17) is 0 Å². The summed E-state index contributed by atoms with van der Waals surface area (Å²) in [5.74, 6) is -3.34. The lowest BCUT2D eigenvalue weighted by molar-refractivity contribution is -0.275. The quantitative estimate of drug-likeness (QED) is 0.364. The molecule has 1 rings (SSSR count). The molecule has 0 bridgehead atoms. The summed E-state index contributed by atoms with van der Waals surface area (Å²) in [5.41, 5.74) is 0.0362. The highest BCUT2D eigenvalue weighted by atomic mass is 19.4. The van der Waals surface area contributed by atoms with Crippen LogP contribution in [-0.4, -0.2) is 23.5 Å². The number of aliphatic carboxylic acids is 1. The maximum absolute atomic E-state index is 13.3. The van der Waals surface area contributed by atoms with Gasteiger partial charge in [-0.3, -0.25) is 0 Å². The summed E-state index contributed by atoms with van der Waals surface area (Å²) in [6.45, 7) is 3.59. The second-order valence-electron chi connectivity index (χ2n) is 5.15. The number of carboxylic acids is 1. The summed E-state index contributed by atoms with van der Waals surface area (Å²) in [6.07, 6.45) is 0.190. The van der Waals surface area contributed by atoms with Crippen LogP contribution in [0.2, 0.25) is 0 Å². The van der Waals surface area contributed by atoms with Gasteiger partial charge in [0.25, 0.3) is 0 Å². The van der Waals surface area contributed by atoms with Gasteiger partial charge in [-0.15, -0.1) is 19.8 Å². The third kappa shape index (κ3) is 7.34. The molecule has 0 aromatic heterocycles. The lowest BCUT2D eigenvalue weighted by Crippen LogP contribution is -2.29. The Morgan fingerprint density at radius 3 is 2.62 bits per heavy atom. The van der Waals surface area contributed by atoms with Crippen molar-refractivity contribution in [2.45, 2.75) is 44.5 Å². The Morgan fingerprint density at radius 1 is 1.33 bits per heavy atom. The first-order valence-electron chi connectivity index (χ1n) is 7.38. The van der Waals surface area contributed by atoms with E-state index < -0.39 is 29.9 Å². The molecule has 24 heavy (non-hydrogen) atoms. The lowest BCUT2D eigenvalue weighted by Gasteiger charge is -2.17. The number of halogens is 4. The Hall–Kier alpha value is -2.25. The molecule has 0 unspecified atom stereocenters. The molecule has 2 N–H and O–H groups in total. The molecule has 0 radical (unpaired) electrons. The molecule has 4 nitrogen and oxygen atoms in total. The van der Waals surface area contributed by atoms with E-state index in [1.165, 1.54) is 0 Å². The predicted octanol–water partition coefficient (Wildman–Crippen LogP) is 4.73. The van der Waals surface area contributed by atoms with Gasteiger partial charge in [0.2, 0.25) is 0 Å². The number of rotatable bonds is 10. The first kappa shape index (κ1) is 19.8. The fourth-order valence-corrected chi connectivity index (χ4v) is 2.07. The normalized spacial score (nSPS) is 12.5. The summed E-state index contributed by atoms with van der Waals surface area (Å²) >= 11 is 0. The van der Waals surface area contributed by atoms with Crippen LogP contribution in [0.5, 0.6) is 5.75 Å². The molecule has 0 aliphatic carbocycles. The van der Waals surface area contributed by atoms with Gasteiger partial charge >= 0.3 is 12.3 Å². The van der Waals surface area contributed by atoms with Crippen LogP contribution in [0.1, 0.15) is 32.1 Å². The predicted molar refractivity (Wildman–Crippen MR) is 81.4 cm³/mol. The van der Waals surface area contributed by atoms with Crippen LogP contribution >= 0.6 is 0 Å². The SMILES string of the molecule is C=CCCCCC[C@H](Nc1ccc(F)c(OC(F)(F)F)c1)C(=O)O. The molecule has 0 amide bonds. The average molecular weight is 349 g/mol. The van der Waals surface area contributed by atoms with Crippen LogP contribution in [0.3, 0.4) is 0 Å². The number of carbonyl (C=O) groups is 1. The van der Waals surface area contributed by atoms with Crippen LogP contribution in [0, 0.1) is 5.82 Å². The van der Waals surface area contributed by atoms with Crippen LogP contribution < -0.4 is 10.1 Å². The Morgan fingerprint density at radius 2 is 2.04 bits per heavy atom. The Kier molecular flexibility index (Phi) is 7.54. The third-order valence-electron chi connectivity index (χ3n) is 3.20. The molecule has 134 valence electrons. The first-order valence-corrected chi connectivity index (χ1v) is 7.38. The van der Waals surface area contributed by atoms with Gasteiger partial charge in [-0.25, -0.2) is 9.18 Å². The molecule has 0 heterocycles. The molecule has 0 aliphatic rings. The zero-order valence-corrected chi connectivity index (χ0v) is 12.9. The molecule has 8 heteroatoms. The van der Waals surface area contributed by atoms with E-state index in [2.05, 4.69) is 16.6 Å². The van der Waals surface area contributed by atoms with Crippen molar-refractivity contribution in [3.8, 4) is 5.75 Å². The maximum Gasteiger partial charge on any atom is 0.573 e. The summed E-state index contributed by atoms with van der Waals surface area (Å²) in [4.78, 5) is 11.2. The smallest absolute Gasteiger partial charge is 0.480 e. The third-order valence-corrected chi connectivity index (χ3v) is 3.20. The maximum atomic E-state index is 13.3. The van der Waals surface area contributed by atoms with Gasteiger partial charge < -0.3 is 15.2 Å².